The first-order valence-electron chi connectivity index (χ1n) is 9.63. The van der Waals surface area contributed by atoms with E-state index in [2.05, 4.69) is 10.6 Å². The van der Waals surface area contributed by atoms with Crippen molar-refractivity contribution >= 4 is 24.2 Å². The Labute approximate surface area is 172 Å². The minimum Gasteiger partial charge on any atom is -0.493 e. The van der Waals surface area contributed by atoms with Crippen molar-refractivity contribution in [3.05, 3.63) is 23.8 Å². The number of halogens is 1. The molecule has 4 atom stereocenters. The van der Waals surface area contributed by atoms with Crippen LogP contribution >= 0.6 is 12.4 Å². The molecule has 1 aromatic rings. The minimum absolute atomic E-state index is 0. The van der Waals surface area contributed by atoms with Gasteiger partial charge in [0.2, 0.25) is 5.91 Å². The van der Waals surface area contributed by atoms with E-state index in [1.165, 1.54) is 0 Å². The van der Waals surface area contributed by atoms with Gasteiger partial charge >= 0.3 is 0 Å². The molecule has 2 bridgehead atoms. The predicted molar refractivity (Wildman–Crippen MR) is 109 cm³/mol. The molecule has 28 heavy (non-hydrogen) atoms. The van der Waals surface area contributed by atoms with Crippen LogP contribution in [0.5, 0.6) is 11.5 Å². The number of rotatable bonds is 8. The van der Waals surface area contributed by atoms with Crippen molar-refractivity contribution in [1.82, 2.24) is 10.6 Å². The van der Waals surface area contributed by atoms with Gasteiger partial charge in [0.25, 0.3) is 5.91 Å². The molecule has 1 aromatic carbocycles. The summed E-state index contributed by atoms with van der Waals surface area (Å²) in [6.07, 6.45) is 3.36. The smallest absolute Gasteiger partial charge is 0.257 e. The molecule has 4 unspecified atom stereocenters. The first-order valence-corrected chi connectivity index (χ1v) is 9.63. The molecule has 156 valence electrons. The molecular formula is C20H30ClN3O4. The van der Waals surface area contributed by atoms with Crippen molar-refractivity contribution in [2.24, 2.45) is 23.5 Å². The Morgan fingerprint density at radius 1 is 1.18 bits per heavy atom. The van der Waals surface area contributed by atoms with Crippen molar-refractivity contribution in [2.45, 2.75) is 38.8 Å². The Morgan fingerprint density at radius 3 is 2.57 bits per heavy atom. The fourth-order valence-corrected chi connectivity index (χ4v) is 4.36. The maximum atomic E-state index is 12.6. The van der Waals surface area contributed by atoms with Crippen LogP contribution in [0.3, 0.4) is 0 Å². The Kier molecular flexibility index (Phi) is 7.95. The summed E-state index contributed by atoms with van der Waals surface area (Å²) in [7, 11) is 1.55. The molecule has 0 saturated heterocycles. The van der Waals surface area contributed by atoms with Gasteiger partial charge in [0.1, 0.15) is 0 Å². The molecule has 2 aliphatic carbocycles. The van der Waals surface area contributed by atoms with E-state index in [4.69, 9.17) is 15.2 Å². The van der Waals surface area contributed by atoms with Crippen LogP contribution < -0.4 is 25.8 Å². The highest BCUT2D eigenvalue weighted by Crippen LogP contribution is 2.47. The summed E-state index contributed by atoms with van der Waals surface area (Å²) >= 11 is 0. The van der Waals surface area contributed by atoms with Gasteiger partial charge in [0.15, 0.2) is 18.1 Å². The van der Waals surface area contributed by atoms with E-state index in [9.17, 15) is 9.59 Å². The molecule has 7 nitrogen and oxygen atoms in total. The van der Waals surface area contributed by atoms with E-state index in [1.807, 2.05) is 19.1 Å². The van der Waals surface area contributed by atoms with E-state index in [1.54, 1.807) is 13.2 Å². The first-order chi connectivity index (χ1) is 13.0. The number of nitrogens with two attached hydrogens (primary N) is 1. The fraction of sp³-hybridized carbons (Fsp3) is 0.600. The summed E-state index contributed by atoms with van der Waals surface area (Å²) in [5, 5.41) is 5.69. The molecule has 0 radical (unpaired) electrons. The van der Waals surface area contributed by atoms with E-state index in [-0.39, 0.29) is 42.8 Å². The van der Waals surface area contributed by atoms with Crippen molar-refractivity contribution in [3.63, 3.8) is 0 Å². The first kappa shape index (κ1) is 22.3. The molecule has 4 N–H and O–H groups in total. The second kappa shape index (κ2) is 9.98. The van der Waals surface area contributed by atoms with Crippen LogP contribution in [0, 0.1) is 17.8 Å². The van der Waals surface area contributed by atoms with Crippen LogP contribution in [0.4, 0.5) is 0 Å². The SMILES string of the molecule is CCNC(=O)COc1ccc(CNC(=O)C2C3CCC(C3)C2N)cc1OC.Cl. The Hall–Kier alpha value is -1.99. The second-order valence-corrected chi connectivity index (χ2v) is 7.38. The standard InChI is InChI=1S/C20H29N3O4.ClH/c1-3-22-17(24)11-27-15-7-4-12(8-16(15)26-2)10-23-20(25)18-13-5-6-14(9-13)19(18)21;/h4,7-8,13-14,18-19H,3,5-6,9-11,21H2,1-2H3,(H,22,24)(H,23,25);1H. The lowest BCUT2D eigenvalue weighted by Crippen LogP contribution is -2.45. The summed E-state index contributed by atoms with van der Waals surface area (Å²) in [4.78, 5) is 24.1. The van der Waals surface area contributed by atoms with Crippen LogP contribution in [0.1, 0.15) is 31.7 Å². The summed E-state index contributed by atoms with van der Waals surface area (Å²) in [6, 6.07) is 5.41. The zero-order valence-corrected chi connectivity index (χ0v) is 17.2. The summed E-state index contributed by atoms with van der Waals surface area (Å²) in [5.41, 5.74) is 7.15. The minimum atomic E-state index is -0.182. The average Bonchev–Trinajstić information content (AvgIpc) is 3.26. The average molecular weight is 412 g/mol. The van der Waals surface area contributed by atoms with Gasteiger partial charge in [-0.25, -0.2) is 0 Å². The van der Waals surface area contributed by atoms with Gasteiger partial charge in [-0.2, -0.15) is 0 Å². The van der Waals surface area contributed by atoms with E-state index < -0.39 is 0 Å². The predicted octanol–water partition coefficient (Wildman–Crippen LogP) is 1.62. The number of nitrogens with one attached hydrogen (secondary N) is 2. The molecule has 2 saturated carbocycles. The Balaban J connectivity index is 0.00000280. The topological polar surface area (TPSA) is 103 Å². The fourth-order valence-electron chi connectivity index (χ4n) is 4.36. The molecule has 0 aromatic heterocycles. The van der Waals surface area contributed by atoms with Gasteiger partial charge in [-0.1, -0.05) is 6.07 Å². The third-order valence-electron chi connectivity index (χ3n) is 5.71. The van der Waals surface area contributed by atoms with Crippen LogP contribution in [0.2, 0.25) is 0 Å². The molecule has 2 aliphatic rings. The Morgan fingerprint density at radius 2 is 1.93 bits per heavy atom. The van der Waals surface area contributed by atoms with Gasteiger partial charge in [-0.3, -0.25) is 9.59 Å². The maximum absolute atomic E-state index is 12.6. The van der Waals surface area contributed by atoms with Crippen molar-refractivity contribution in [3.8, 4) is 11.5 Å². The highest BCUT2D eigenvalue weighted by molar-refractivity contribution is 5.85. The number of fused-ring (bicyclic) bond motifs is 2. The van der Waals surface area contributed by atoms with Gasteiger partial charge in [0.05, 0.1) is 13.0 Å². The monoisotopic (exact) mass is 411 g/mol. The van der Waals surface area contributed by atoms with Crippen LogP contribution in [0.15, 0.2) is 18.2 Å². The Bertz CT molecular complexity index is 698. The molecule has 0 heterocycles. The summed E-state index contributed by atoms with van der Waals surface area (Å²) < 4.78 is 10.9. The molecule has 2 fully saturated rings. The van der Waals surface area contributed by atoms with Gasteiger partial charge in [0, 0.05) is 19.1 Å². The summed E-state index contributed by atoms with van der Waals surface area (Å²) in [5.74, 6) is 1.77. The largest absolute Gasteiger partial charge is 0.493 e. The number of carbonyl (C=O) groups excluding carboxylic acids is 2. The number of hydrogen-bond donors (Lipinski definition) is 3. The lowest BCUT2D eigenvalue weighted by molar-refractivity contribution is -0.127. The van der Waals surface area contributed by atoms with E-state index in [0.29, 0.717) is 36.4 Å². The van der Waals surface area contributed by atoms with Crippen molar-refractivity contribution < 1.29 is 19.1 Å². The molecule has 8 heteroatoms. The number of likely N-dealkylation sites (N-methyl/N-ethyl adjacent to an activating group) is 1. The second-order valence-electron chi connectivity index (χ2n) is 7.38. The third-order valence-corrected chi connectivity index (χ3v) is 5.71. The normalized spacial score (nSPS) is 25.0. The van der Waals surface area contributed by atoms with Gasteiger partial charge in [-0.15, -0.1) is 12.4 Å². The molecule has 2 amide bonds. The van der Waals surface area contributed by atoms with Gasteiger partial charge < -0.3 is 25.8 Å². The number of carbonyl (C=O) groups is 2. The molecule has 0 aliphatic heterocycles. The van der Waals surface area contributed by atoms with Crippen molar-refractivity contribution in [1.29, 1.82) is 0 Å². The van der Waals surface area contributed by atoms with Crippen LogP contribution in [-0.2, 0) is 16.1 Å². The maximum Gasteiger partial charge on any atom is 0.257 e. The number of ether oxygens (including phenoxy) is 2. The zero-order valence-electron chi connectivity index (χ0n) is 16.4. The van der Waals surface area contributed by atoms with E-state index in [0.717, 1.165) is 24.8 Å². The van der Waals surface area contributed by atoms with Gasteiger partial charge in [-0.05, 0) is 55.7 Å². The number of benzene rings is 1. The van der Waals surface area contributed by atoms with Crippen molar-refractivity contribution in [2.75, 3.05) is 20.3 Å². The number of hydrogen-bond acceptors (Lipinski definition) is 5. The number of methoxy groups -OCH3 is 1. The summed E-state index contributed by atoms with van der Waals surface area (Å²) in [6.45, 7) is 2.75. The highest BCUT2D eigenvalue weighted by atomic mass is 35.5. The lowest BCUT2D eigenvalue weighted by Gasteiger charge is -2.27. The molecule has 3 rings (SSSR count). The molecular weight excluding hydrogens is 382 g/mol. The van der Waals surface area contributed by atoms with E-state index >= 15 is 0 Å². The number of amides is 2. The molecule has 0 spiro atoms. The highest BCUT2D eigenvalue weighted by Gasteiger charge is 2.48. The van der Waals surface area contributed by atoms with Crippen LogP contribution in [0.25, 0.3) is 0 Å². The quantitative estimate of drug-likeness (QED) is 0.603. The third kappa shape index (κ3) is 4.89. The zero-order chi connectivity index (χ0) is 19.4. The van der Waals surface area contributed by atoms with Crippen LogP contribution in [-0.4, -0.2) is 38.1 Å². The lowest BCUT2D eigenvalue weighted by atomic mass is 9.84.